The Balaban J connectivity index is 2.60. The number of hydrogen-bond donors (Lipinski definition) is 0. The molecule has 0 aliphatic carbocycles. The Morgan fingerprint density at radius 1 is 1.23 bits per heavy atom. The number of aryl methyl sites for hydroxylation is 1. The highest BCUT2D eigenvalue weighted by Gasteiger charge is 2.41. The third-order valence-corrected chi connectivity index (χ3v) is 6.25. The van der Waals surface area contributed by atoms with Crippen molar-refractivity contribution in [3.63, 3.8) is 0 Å². The lowest BCUT2D eigenvalue weighted by molar-refractivity contribution is -0.00774. The number of benzene rings is 1. The van der Waals surface area contributed by atoms with Gasteiger partial charge in [0.15, 0.2) is 0 Å². The number of nitrogens with zero attached hydrogens (tertiary/aromatic N) is 1. The summed E-state index contributed by atoms with van der Waals surface area (Å²) >= 11 is 0. The van der Waals surface area contributed by atoms with Crippen molar-refractivity contribution in [1.29, 1.82) is 0 Å². The van der Waals surface area contributed by atoms with Crippen LogP contribution in [0, 0.1) is 6.92 Å². The normalized spacial score (nSPS) is 20.1. The number of ether oxygens (including phenoxy) is 1. The summed E-state index contributed by atoms with van der Waals surface area (Å²) in [4.78, 5) is 0.417. The first-order valence-corrected chi connectivity index (χ1v) is 9.12. The van der Waals surface area contributed by atoms with E-state index in [9.17, 15) is 8.42 Å². The van der Waals surface area contributed by atoms with Gasteiger partial charge in [-0.25, -0.2) is 8.42 Å². The maximum atomic E-state index is 13.3. The van der Waals surface area contributed by atoms with Crippen LogP contribution in [0.1, 0.15) is 45.7 Å². The summed E-state index contributed by atoms with van der Waals surface area (Å²) in [5, 5.41) is 0. The molecule has 1 aromatic carbocycles. The van der Waals surface area contributed by atoms with E-state index in [0.29, 0.717) is 24.7 Å². The van der Waals surface area contributed by atoms with Crippen LogP contribution in [0.2, 0.25) is 0 Å². The first-order chi connectivity index (χ1) is 9.96. The van der Waals surface area contributed by atoms with Gasteiger partial charge >= 0.3 is 0 Å². The minimum absolute atomic E-state index is 0.231. The first kappa shape index (κ1) is 17.4. The molecule has 22 heavy (non-hydrogen) atoms. The van der Waals surface area contributed by atoms with Crippen molar-refractivity contribution < 1.29 is 13.2 Å². The van der Waals surface area contributed by atoms with E-state index >= 15 is 0 Å². The molecule has 2 rings (SSSR count). The zero-order chi connectivity index (χ0) is 16.8. The Labute approximate surface area is 134 Å². The Bertz CT molecular complexity index is 657. The molecular weight excluding hydrogens is 298 g/mol. The van der Waals surface area contributed by atoms with E-state index in [1.165, 1.54) is 0 Å². The van der Waals surface area contributed by atoms with Gasteiger partial charge in [0.05, 0.1) is 23.6 Å². The highest BCUT2D eigenvalue weighted by atomic mass is 32.2. The van der Waals surface area contributed by atoms with E-state index in [-0.39, 0.29) is 5.41 Å². The highest BCUT2D eigenvalue weighted by Crippen LogP contribution is 2.34. The molecule has 1 aromatic rings. The Hall–Kier alpha value is -0.910. The van der Waals surface area contributed by atoms with Gasteiger partial charge in [0.2, 0.25) is 10.0 Å². The summed E-state index contributed by atoms with van der Waals surface area (Å²) < 4.78 is 33.5. The van der Waals surface area contributed by atoms with E-state index in [1.54, 1.807) is 10.4 Å². The summed E-state index contributed by atoms with van der Waals surface area (Å²) in [6.45, 7) is 13.2. The fourth-order valence-corrected chi connectivity index (χ4v) is 5.00. The third-order valence-electron chi connectivity index (χ3n) is 4.08. The second kappa shape index (κ2) is 5.62. The molecule has 0 saturated carbocycles. The van der Waals surface area contributed by atoms with E-state index < -0.39 is 15.6 Å². The molecule has 1 fully saturated rings. The summed E-state index contributed by atoms with van der Waals surface area (Å²) in [5.41, 5.74) is 1.18. The largest absolute Gasteiger partial charge is 0.378 e. The van der Waals surface area contributed by atoms with Crippen molar-refractivity contribution in [3.05, 3.63) is 29.3 Å². The van der Waals surface area contributed by atoms with Gasteiger partial charge in [0, 0.05) is 6.54 Å². The van der Waals surface area contributed by atoms with Crippen LogP contribution >= 0.6 is 0 Å². The molecule has 0 radical (unpaired) electrons. The lowest BCUT2D eigenvalue weighted by atomic mass is 9.86. The zero-order valence-corrected chi connectivity index (χ0v) is 15.3. The van der Waals surface area contributed by atoms with Crippen LogP contribution < -0.4 is 0 Å². The zero-order valence-electron chi connectivity index (χ0n) is 14.4. The smallest absolute Gasteiger partial charge is 0.244 e. The standard InChI is InChI=1S/C17H27NO3S/c1-13-7-8-15(14(11-13)16(2,3)4)22(19,20)18-9-10-21-12-17(18,5)6/h7-8,11H,9-10,12H2,1-6H3. The molecule has 0 aromatic heterocycles. The molecule has 1 saturated heterocycles. The van der Waals surface area contributed by atoms with Crippen molar-refractivity contribution in [3.8, 4) is 0 Å². The predicted octanol–water partition coefficient (Wildman–Crippen LogP) is 3.09. The van der Waals surface area contributed by atoms with Crippen LogP contribution in [0.25, 0.3) is 0 Å². The fraction of sp³-hybridized carbons (Fsp3) is 0.647. The third kappa shape index (κ3) is 3.21. The molecule has 1 heterocycles. The van der Waals surface area contributed by atoms with E-state index in [1.807, 2.05) is 53.7 Å². The van der Waals surface area contributed by atoms with Gasteiger partial charge in [-0.15, -0.1) is 0 Å². The maximum Gasteiger partial charge on any atom is 0.244 e. The van der Waals surface area contributed by atoms with Crippen molar-refractivity contribution in [1.82, 2.24) is 4.31 Å². The van der Waals surface area contributed by atoms with Gasteiger partial charge in [0.25, 0.3) is 0 Å². The Morgan fingerprint density at radius 2 is 1.86 bits per heavy atom. The van der Waals surface area contributed by atoms with Crippen LogP contribution in [0.4, 0.5) is 0 Å². The molecule has 124 valence electrons. The molecule has 0 atom stereocenters. The molecule has 1 aliphatic heterocycles. The predicted molar refractivity (Wildman–Crippen MR) is 88.7 cm³/mol. The van der Waals surface area contributed by atoms with Crippen LogP contribution in [0.3, 0.4) is 0 Å². The van der Waals surface area contributed by atoms with Gasteiger partial charge < -0.3 is 4.74 Å². The summed E-state index contributed by atoms with van der Waals surface area (Å²) in [6.07, 6.45) is 0. The topological polar surface area (TPSA) is 46.6 Å². The number of morpholine rings is 1. The Kier molecular flexibility index (Phi) is 4.46. The minimum atomic E-state index is -3.55. The van der Waals surface area contributed by atoms with Crippen LogP contribution in [-0.4, -0.2) is 38.0 Å². The number of hydrogen-bond acceptors (Lipinski definition) is 3. The summed E-state index contributed by atoms with van der Waals surface area (Å²) in [5.74, 6) is 0. The quantitative estimate of drug-likeness (QED) is 0.839. The second-order valence-electron chi connectivity index (χ2n) is 7.69. The molecule has 0 spiro atoms. The second-order valence-corrected chi connectivity index (χ2v) is 9.52. The highest BCUT2D eigenvalue weighted by molar-refractivity contribution is 7.89. The average molecular weight is 325 g/mol. The van der Waals surface area contributed by atoms with E-state index in [2.05, 4.69) is 0 Å². The van der Waals surface area contributed by atoms with Gasteiger partial charge in [-0.1, -0.05) is 38.5 Å². The van der Waals surface area contributed by atoms with Crippen LogP contribution in [0.15, 0.2) is 23.1 Å². The minimum Gasteiger partial charge on any atom is -0.378 e. The lowest BCUT2D eigenvalue weighted by Gasteiger charge is -2.41. The number of rotatable bonds is 2. The van der Waals surface area contributed by atoms with E-state index in [4.69, 9.17) is 4.74 Å². The SMILES string of the molecule is Cc1ccc(S(=O)(=O)N2CCOCC2(C)C)c(C(C)(C)C)c1. The maximum absolute atomic E-state index is 13.3. The molecule has 5 heteroatoms. The van der Waals surface area contributed by atoms with Crippen molar-refractivity contribution in [2.24, 2.45) is 0 Å². The molecule has 0 amide bonds. The molecule has 0 N–H and O–H groups in total. The van der Waals surface area contributed by atoms with Crippen molar-refractivity contribution in [2.75, 3.05) is 19.8 Å². The van der Waals surface area contributed by atoms with Crippen molar-refractivity contribution in [2.45, 2.75) is 57.4 Å². The van der Waals surface area contributed by atoms with Gasteiger partial charge in [-0.2, -0.15) is 4.31 Å². The van der Waals surface area contributed by atoms with Crippen LogP contribution in [-0.2, 0) is 20.2 Å². The molecule has 0 bridgehead atoms. The lowest BCUT2D eigenvalue weighted by Crippen LogP contribution is -2.55. The molecular formula is C17H27NO3S. The van der Waals surface area contributed by atoms with Gasteiger partial charge in [-0.3, -0.25) is 0 Å². The van der Waals surface area contributed by atoms with Crippen molar-refractivity contribution >= 4 is 10.0 Å². The molecule has 4 nitrogen and oxygen atoms in total. The Morgan fingerprint density at radius 3 is 2.41 bits per heavy atom. The van der Waals surface area contributed by atoms with Gasteiger partial charge in [-0.05, 0) is 37.8 Å². The first-order valence-electron chi connectivity index (χ1n) is 7.68. The average Bonchev–Trinajstić information content (AvgIpc) is 2.36. The fourth-order valence-electron chi connectivity index (χ4n) is 2.86. The summed E-state index contributed by atoms with van der Waals surface area (Å²) in [6, 6.07) is 5.60. The summed E-state index contributed by atoms with van der Waals surface area (Å²) in [7, 11) is -3.55. The van der Waals surface area contributed by atoms with E-state index in [0.717, 1.165) is 11.1 Å². The van der Waals surface area contributed by atoms with Crippen LogP contribution in [0.5, 0.6) is 0 Å². The molecule has 1 aliphatic rings. The van der Waals surface area contributed by atoms with Gasteiger partial charge in [0.1, 0.15) is 0 Å². The molecule has 0 unspecified atom stereocenters. The number of sulfonamides is 1. The monoisotopic (exact) mass is 325 g/mol.